The first-order chi connectivity index (χ1) is 8.49. The van der Waals surface area contributed by atoms with Gasteiger partial charge in [-0.05, 0) is 24.3 Å². The second-order valence-corrected chi connectivity index (χ2v) is 3.77. The molecular formula is C11H10FN3O3. The van der Waals surface area contributed by atoms with Crippen LogP contribution in [-0.2, 0) is 0 Å². The molecule has 0 unspecified atom stereocenters. The number of amides is 1. The molecule has 0 aliphatic carbocycles. The fraction of sp³-hybridized carbons (Fsp3) is 0.182. The topological polar surface area (TPSA) is 68.3 Å². The fourth-order valence-corrected chi connectivity index (χ4v) is 1.30. The number of nitrogens with zero attached hydrogens (tertiary/aromatic N) is 3. The Labute approximate surface area is 101 Å². The van der Waals surface area contributed by atoms with Crippen molar-refractivity contribution in [1.29, 1.82) is 0 Å². The number of carbonyl (C=O) groups excluding carboxylic acids is 1. The van der Waals surface area contributed by atoms with Crippen LogP contribution < -0.4 is 5.76 Å². The monoisotopic (exact) mass is 251 g/mol. The standard InChI is InChI=1S/C11H10FN3O3/c1-14(2)10(16)15-11(17)18-9(13-15)7-3-5-8(12)6-4-7/h3-6H,1-2H3. The van der Waals surface area contributed by atoms with Gasteiger partial charge in [0.1, 0.15) is 5.82 Å². The van der Waals surface area contributed by atoms with Gasteiger partial charge in [-0.2, -0.15) is 0 Å². The van der Waals surface area contributed by atoms with Crippen molar-refractivity contribution in [3.8, 4) is 11.5 Å². The molecule has 0 saturated heterocycles. The van der Waals surface area contributed by atoms with Crippen molar-refractivity contribution in [2.45, 2.75) is 0 Å². The normalized spacial score (nSPS) is 10.4. The molecule has 1 heterocycles. The molecule has 94 valence electrons. The van der Waals surface area contributed by atoms with E-state index in [1.807, 2.05) is 0 Å². The zero-order chi connectivity index (χ0) is 13.3. The Morgan fingerprint density at radius 3 is 2.50 bits per heavy atom. The van der Waals surface area contributed by atoms with Crippen LogP contribution in [0.3, 0.4) is 0 Å². The number of hydrogen-bond donors (Lipinski definition) is 0. The van der Waals surface area contributed by atoms with Gasteiger partial charge in [-0.1, -0.05) is 0 Å². The summed E-state index contributed by atoms with van der Waals surface area (Å²) in [5.41, 5.74) is 0.416. The zero-order valence-electron chi connectivity index (χ0n) is 9.75. The van der Waals surface area contributed by atoms with E-state index in [-0.39, 0.29) is 5.89 Å². The van der Waals surface area contributed by atoms with Gasteiger partial charge in [0.25, 0.3) is 0 Å². The summed E-state index contributed by atoms with van der Waals surface area (Å²) in [6, 6.07) is 4.62. The van der Waals surface area contributed by atoms with Gasteiger partial charge in [-0.3, -0.25) is 0 Å². The lowest BCUT2D eigenvalue weighted by atomic mass is 10.2. The number of halogens is 1. The average molecular weight is 251 g/mol. The quantitative estimate of drug-likeness (QED) is 0.763. The molecule has 7 heteroatoms. The van der Waals surface area contributed by atoms with Crippen molar-refractivity contribution >= 4 is 6.03 Å². The van der Waals surface area contributed by atoms with E-state index in [1.165, 1.54) is 43.3 Å². The Hall–Kier alpha value is -2.44. The molecule has 1 amide bonds. The molecule has 0 aliphatic heterocycles. The maximum Gasteiger partial charge on any atom is 0.446 e. The van der Waals surface area contributed by atoms with Gasteiger partial charge in [-0.25, -0.2) is 14.0 Å². The van der Waals surface area contributed by atoms with Crippen molar-refractivity contribution in [3.05, 3.63) is 40.6 Å². The van der Waals surface area contributed by atoms with Crippen LogP contribution in [0.1, 0.15) is 0 Å². The van der Waals surface area contributed by atoms with Crippen molar-refractivity contribution in [1.82, 2.24) is 14.7 Å². The Bertz CT molecular complexity index is 628. The molecule has 1 aromatic carbocycles. The van der Waals surface area contributed by atoms with Crippen LogP contribution >= 0.6 is 0 Å². The Morgan fingerprint density at radius 2 is 1.94 bits per heavy atom. The maximum atomic E-state index is 12.7. The van der Waals surface area contributed by atoms with Crippen LogP contribution in [0.4, 0.5) is 9.18 Å². The van der Waals surface area contributed by atoms with E-state index in [9.17, 15) is 14.0 Å². The van der Waals surface area contributed by atoms with E-state index < -0.39 is 17.6 Å². The van der Waals surface area contributed by atoms with Gasteiger partial charge in [0.2, 0.25) is 5.89 Å². The van der Waals surface area contributed by atoms with Crippen molar-refractivity contribution in [3.63, 3.8) is 0 Å². The number of hydrogen-bond acceptors (Lipinski definition) is 4. The van der Waals surface area contributed by atoms with Crippen LogP contribution in [0.15, 0.2) is 33.5 Å². The first kappa shape index (κ1) is 12.0. The van der Waals surface area contributed by atoms with Gasteiger partial charge in [0.15, 0.2) is 0 Å². The summed E-state index contributed by atoms with van der Waals surface area (Å²) in [5, 5.41) is 3.75. The fourth-order valence-electron chi connectivity index (χ4n) is 1.30. The Balaban J connectivity index is 2.43. The predicted octanol–water partition coefficient (Wildman–Crippen LogP) is 1.17. The second-order valence-electron chi connectivity index (χ2n) is 3.77. The van der Waals surface area contributed by atoms with Crippen molar-refractivity contribution in [2.75, 3.05) is 14.1 Å². The Kier molecular flexibility index (Phi) is 2.97. The maximum absolute atomic E-state index is 12.7. The van der Waals surface area contributed by atoms with E-state index in [0.717, 1.165) is 0 Å². The highest BCUT2D eigenvalue weighted by Gasteiger charge is 2.17. The molecule has 0 saturated carbocycles. The van der Waals surface area contributed by atoms with Crippen LogP contribution in [0, 0.1) is 5.82 Å². The lowest BCUT2D eigenvalue weighted by Crippen LogP contribution is -2.34. The number of benzene rings is 1. The molecule has 0 bridgehead atoms. The molecule has 0 aliphatic rings. The highest BCUT2D eigenvalue weighted by Crippen LogP contribution is 2.15. The first-order valence-corrected chi connectivity index (χ1v) is 5.07. The first-order valence-electron chi connectivity index (χ1n) is 5.07. The van der Waals surface area contributed by atoms with Crippen molar-refractivity contribution in [2.24, 2.45) is 0 Å². The van der Waals surface area contributed by atoms with E-state index in [4.69, 9.17) is 4.42 Å². The third-order valence-electron chi connectivity index (χ3n) is 2.20. The third-order valence-corrected chi connectivity index (χ3v) is 2.20. The van der Waals surface area contributed by atoms with E-state index in [1.54, 1.807) is 0 Å². The SMILES string of the molecule is CN(C)C(=O)n1nc(-c2ccc(F)cc2)oc1=O. The number of rotatable bonds is 1. The summed E-state index contributed by atoms with van der Waals surface area (Å²) >= 11 is 0. The minimum atomic E-state index is -0.881. The van der Waals surface area contributed by atoms with E-state index in [2.05, 4.69) is 5.10 Å². The van der Waals surface area contributed by atoms with E-state index in [0.29, 0.717) is 10.2 Å². The zero-order valence-corrected chi connectivity index (χ0v) is 9.75. The summed E-state index contributed by atoms with van der Waals surface area (Å²) < 4.78 is 18.2. The summed E-state index contributed by atoms with van der Waals surface area (Å²) in [6.07, 6.45) is 0. The Morgan fingerprint density at radius 1 is 1.33 bits per heavy atom. The van der Waals surface area contributed by atoms with Gasteiger partial charge in [0.05, 0.1) is 0 Å². The summed E-state index contributed by atoms with van der Waals surface area (Å²) in [4.78, 5) is 24.2. The molecule has 18 heavy (non-hydrogen) atoms. The minimum absolute atomic E-state index is 0.0322. The molecule has 0 atom stereocenters. The second kappa shape index (κ2) is 4.44. The van der Waals surface area contributed by atoms with Crippen LogP contribution in [0.2, 0.25) is 0 Å². The summed E-state index contributed by atoms with van der Waals surface area (Å²) in [5.74, 6) is -1.33. The molecule has 0 N–H and O–H groups in total. The van der Waals surface area contributed by atoms with Crippen LogP contribution in [-0.4, -0.2) is 34.8 Å². The lowest BCUT2D eigenvalue weighted by molar-refractivity contribution is 0.214. The molecular weight excluding hydrogens is 241 g/mol. The highest BCUT2D eigenvalue weighted by molar-refractivity contribution is 5.75. The number of carbonyl (C=O) groups is 1. The van der Waals surface area contributed by atoms with Gasteiger partial charge in [0, 0.05) is 19.7 Å². The molecule has 2 aromatic rings. The summed E-state index contributed by atoms with van der Waals surface area (Å²) in [7, 11) is 2.97. The summed E-state index contributed by atoms with van der Waals surface area (Å²) in [6.45, 7) is 0. The molecule has 2 rings (SSSR count). The smallest absolute Gasteiger partial charge is 0.387 e. The number of aromatic nitrogens is 2. The van der Waals surface area contributed by atoms with Crippen molar-refractivity contribution < 1.29 is 13.6 Å². The molecule has 0 radical (unpaired) electrons. The van der Waals surface area contributed by atoms with Gasteiger partial charge < -0.3 is 9.32 Å². The average Bonchev–Trinajstić information content (AvgIpc) is 2.71. The molecule has 0 spiro atoms. The highest BCUT2D eigenvalue weighted by atomic mass is 19.1. The lowest BCUT2D eigenvalue weighted by Gasteiger charge is -2.06. The largest absolute Gasteiger partial charge is 0.446 e. The minimum Gasteiger partial charge on any atom is -0.387 e. The predicted molar refractivity (Wildman–Crippen MR) is 60.6 cm³/mol. The van der Waals surface area contributed by atoms with Gasteiger partial charge in [-0.15, -0.1) is 9.78 Å². The molecule has 1 aromatic heterocycles. The van der Waals surface area contributed by atoms with Crippen LogP contribution in [0.5, 0.6) is 0 Å². The molecule has 6 nitrogen and oxygen atoms in total. The van der Waals surface area contributed by atoms with Crippen LogP contribution in [0.25, 0.3) is 11.5 Å². The third kappa shape index (κ3) is 2.15. The van der Waals surface area contributed by atoms with Gasteiger partial charge >= 0.3 is 11.8 Å². The van der Waals surface area contributed by atoms with E-state index >= 15 is 0 Å². The molecule has 0 fully saturated rings.